The fraction of sp³-hybridized carbons (Fsp3) is 0.909. The molecule has 2 aliphatic heterocycles. The van der Waals surface area contributed by atoms with Crippen molar-refractivity contribution < 1.29 is 14.3 Å². The fourth-order valence-corrected chi connectivity index (χ4v) is 2.14. The van der Waals surface area contributed by atoms with Gasteiger partial charge in [-0.3, -0.25) is 0 Å². The highest BCUT2D eigenvalue weighted by Crippen LogP contribution is 2.27. The average Bonchev–Trinajstić information content (AvgIpc) is 3.03. The Hall–Kier alpha value is -0.770. The van der Waals surface area contributed by atoms with Gasteiger partial charge in [-0.2, -0.15) is 0 Å². The Balaban J connectivity index is 1.68. The molecule has 2 saturated heterocycles. The minimum Gasteiger partial charge on any atom is -0.450 e. The molecule has 1 unspecified atom stereocenters. The quantitative estimate of drug-likeness (QED) is 0.669. The van der Waals surface area contributed by atoms with Crippen molar-refractivity contribution in [3.63, 3.8) is 0 Å². The summed E-state index contributed by atoms with van der Waals surface area (Å²) in [6.45, 7) is 4.94. The number of hydrogen-bond donors (Lipinski definition) is 0. The fourth-order valence-electron chi connectivity index (χ4n) is 2.14. The van der Waals surface area contributed by atoms with E-state index in [0.29, 0.717) is 12.7 Å². The lowest BCUT2D eigenvalue weighted by molar-refractivity contribution is 0.0900. The number of amides is 1. The van der Waals surface area contributed by atoms with Crippen molar-refractivity contribution in [2.24, 2.45) is 5.92 Å². The van der Waals surface area contributed by atoms with E-state index in [9.17, 15) is 4.79 Å². The molecule has 0 N–H and O–H groups in total. The predicted molar refractivity (Wildman–Crippen MR) is 55.7 cm³/mol. The van der Waals surface area contributed by atoms with Gasteiger partial charge in [0.1, 0.15) is 0 Å². The van der Waals surface area contributed by atoms with Crippen LogP contribution >= 0.6 is 0 Å². The first-order chi connectivity index (χ1) is 7.29. The van der Waals surface area contributed by atoms with Crippen LogP contribution < -0.4 is 0 Å². The maximum absolute atomic E-state index is 11.4. The van der Waals surface area contributed by atoms with Crippen molar-refractivity contribution in [1.29, 1.82) is 0 Å². The highest BCUT2D eigenvalue weighted by Gasteiger charge is 2.30. The van der Waals surface area contributed by atoms with Gasteiger partial charge < -0.3 is 14.4 Å². The molecule has 2 rings (SSSR count). The van der Waals surface area contributed by atoms with Gasteiger partial charge >= 0.3 is 6.09 Å². The summed E-state index contributed by atoms with van der Waals surface area (Å²) >= 11 is 0. The van der Waals surface area contributed by atoms with Crippen molar-refractivity contribution in [3.8, 4) is 0 Å². The van der Waals surface area contributed by atoms with Gasteiger partial charge in [-0.1, -0.05) is 0 Å². The normalized spacial score (nSPS) is 26.5. The summed E-state index contributed by atoms with van der Waals surface area (Å²) in [6.07, 6.45) is 3.73. The second-order valence-electron chi connectivity index (χ2n) is 4.32. The van der Waals surface area contributed by atoms with E-state index in [1.165, 1.54) is 6.42 Å². The van der Waals surface area contributed by atoms with Crippen molar-refractivity contribution in [2.45, 2.75) is 32.3 Å². The number of carbonyl (C=O) groups is 1. The molecule has 0 radical (unpaired) electrons. The summed E-state index contributed by atoms with van der Waals surface area (Å²) in [5.74, 6) is 0.739. The van der Waals surface area contributed by atoms with E-state index >= 15 is 0 Å². The number of ether oxygens (including phenoxy) is 2. The lowest BCUT2D eigenvalue weighted by Crippen LogP contribution is -2.39. The van der Waals surface area contributed by atoms with Gasteiger partial charge in [-0.25, -0.2) is 4.79 Å². The van der Waals surface area contributed by atoms with Gasteiger partial charge in [0, 0.05) is 13.1 Å². The Morgan fingerprint density at radius 1 is 1.47 bits per heavy atom. The topological polar surface area (TPSA) is 42.1 Å². The summed E-state index contributed by atoms with van der Waals surface area (Å²) in [7, 11) is 0. The summed E-state index contributed by atoms with van der Waals surface area (Å²) in [6, 6.07) is 0. The van der Waals surface area contributed by atoms with Gasteiger partial charge in [0.15, 0.2) is 0 Å². The van der Waals surface area contributed by atoms with Crippen LogP contribution in [0.25, 0.3) is 0 Å². The number of hydrogen-bond acceptors (Lipinski definition) is 3. The molecule has 2 aliphatic rings. The van der Waals surface area contributed by atoms with Crippen LogP contribution in [0.4, 0.5) is 4.79 Å². The van der Waals surface area contributed by atoms with E-state index in [4.69, 9.17) is 9.47 Å². The maximum atomic E-state index is 11.4. The summed E-state index contributed by atoms with van der Waals surface area (Å²) in [4.78, 5) is 13.2. The maximum Gasteiger partial charge on any atom is 0.409 e. The molecule has 1 atom stereocenters. The Bertz CT molecular complexity index is 220. The van der Waals surface area contributed by atoms with E-state index in [-0.39, 0.29) is 6.09 Å². The van der Waals surface area contributed by atoms with Gasteiger partial charge in [0.25, 0.3) is 0 Å². The van der Waals surface area contributed by atoms with Gasteiger partial charge in [0.05, 0.1) is 19.3 Å². The standard InChI is InChI=1S/C11H19NO3/c1-2-14-11(13)12-5-3-9(4-6-12)7-10-8-15-10/h9-10H,2-8H2,1H3. The minimum absolute atomic E-state index is 0.154. The van der Waals surface area contributed by atoms with Crippen molar-refractivity contribution in [1.82, 2.24) is 4.90 Å². The monoisotopic (exact) mass is 213 g/mol. The third-order valence-corrected chi connectivity index (χ3v) is 3.14. The van der Waals surface area contributed by atoms with Crippen LogP contribution in [0.15, 0.2) is 0 Å². The SMILES string of the molecule is CCOC(=O)N1CCC(CC2CO2)CC1. The van der Waals surface area contributed by atoms with Crippen LogP contribution in [0.5, 0.6) is 0 Å². The number of likely N-dealkylation sites (tertiary alicyclic amines) is 1. The van der Waals surface area contributed by atoms with Crippen LogP contribution in [0.1, 0.15) is 26.2 Å². The highest BCUT2D eigenvalue weighted by atomic mass is 16.6. The largest absolute Gasteiger partial charge is 0.450 e. The van der Waals surface area contributed by atoms with Gasteiger partial charge in [0.2, 0.25) is 0 Å². The van der Waals surface area contributed by atoms with Crippen LogP contribution in [0.2, 0.25) is 0 Å². The molecule has 0 aromatic rings. The summed E-state index contributed by atoms with van der Waals surface area (Å²) in [5.41, 5.74) is 0. The first-order valence-electron chi connectivity index (χ1n) is 5.83. The van der Waals surface area contributed by atoms with E-state index < -0.39 is 0 Å². The predicted octanol–water partition coefficient (Wildman–Crippen LogP) is 1.64. The molecule has 1 amide bonds. The minimum atomic E-state index is -0.154. The molecule has 15 heavy (non-hydrogen) atoms. The molecule has 0 spiro atoms. The Labute approximate surface area is 90.5 Å². The number of carbonyl (C=O) groups excluding carboxylic acids is 1. The molecule has 0 aromatic carbocycles. The molecule has 0 bridgehead atoms. The molecule has 0 aromatic heterocycles. The van der Waals surface area contributed by atoms with E-state index in [1.807, 2.05) is 11.8 Å². The van der Waals surface area contributed by atoms with E-state index in [1.54, 1.807) is 0 Å². The number of nitrogens with zero attached hydrogens (tertiary/aromatic N) is 1. The first kappa shape index (κ1) is 10.7. The Morgan fingerprint density at radius 3 is 2.67 bits per heavy atom. The second-order valence-corrected chi connectivity index (χ2v) is 4.32. The first-order valence-corrected chi connectivity index (χ1v) is 5.83. The smallest absolute Gasteiger partial charge is 0.409 e. The van der Waals surface area contributed by atoms with E-state index in [0.717, 1.165) is 38.5 Å². The molecule has 86 valence electrons. The van der Waals surface area contributed by atoms with Crippen LogP contribution in [0, 0.1) is 5.92 Å². The summed E-state index contributed by atoms with van der Waals surface area (Å²) in [5, 5.41) is 0. The second kappa shape index (κ2) is 4.84. The molecule has 4 nitrogen and oxygen atoms in total. The third-order valence-electron chi connectivity index (χ3n) is 3.14. The van der Waals surface area contributed by atoms with Crippen molar-refractivity contribution in [2.75, 3.05) is 26.3 Å². The number of epoxide rings is 1. The molecule has 2 heterocycles. The van der Waals surface area contributed by atoms with Crippen LogP contribution in [-0.4, -0.2) is 43.4 Å². The van der Waals surface area contributed by atoms with Gasteiger partial charge in [-0.15, -0.1) is 0 Å². The van der Waals surface area contributed by atoms with Crippen molar-refractivity contribution >= 4 is 6.09 Å². The lowest BCUT2D eigenvalue weighted by atomic mass is 9.92. The summed E-state index contributed by atoms with van der Waals surface area (Å²) < 4.78 is 10.2. The molecular formula is C11H19NO3. The molecule has 4 heteroatoms. The van der Waals surface area contributed by atoms with Crippen LogP contribution in [-0.2, 0) is 9.47 Å². The van der Waals surface area contributed by atoms with Crippen LogP contribution in [0.3, 0.4) is 0 Å². The number of rotatable bonds is 3. The zero-order chi connectivity index (χ0) is 10.7. The van der Waals surface area contributed by atoms with E-state index in [2.05, 4.69) is 0 Å². The van der Waals surface area contributed by atoms with Gasteiger partial charge in [-0.05, 0) is 32.1 Å². The number of piperidine rings is 1. The zero-order valence-electron chi connectivity index (χ0n) is 9.28. The zero-order valence-corrected chi connectivity index (χ0v) is 9.28. The van der Waals surface area contributed by atoms with Crippen molar-refractivity contribution in [3.05, 3.63) is 0 Å². The molecular weight excluding hydrogens is 194 g/mol. The molecule has 2 fully saturated rings. The lowest BCUT2D eigenvalue weighted by Gasteiger charge is -2.30. The highest BCUT2D eigenvalue weighted by molar-refractivity contribution is 5.67. The molecule has 0 aliphatic carbocycles. The Kier molecular flexibility index (Phi) is 3.46. The molecule has 0 saturated carbocycles. The third kappa shape index (κ3) is 3.09. The average molecular weight is 213 g/mol. The Morgan fingerprint density at radius 2 is 2.13 bits per heavy atom.